The highest BCUT2D eigenvalue weighted by Gasteiger charge is 2.45. The molecule has 16 heavy (non-hydrogen) atoms. The molecule has 0 aromatic rings. The molecule has 1 heterocycles. The van der Waals surface area contributed by atoms with Crippen LogP contribution < -0.4 is 0 Å². The maximum Gasteiger partial charge on any atom is 0.303 e. The van der Waals surface area contributed by atoms with E-state index in [1.165, 1.54) is 14.0 Å². The molecule has 6 nitrogen and oxygen atoms in total. The molecule has 0 aliphatic carbocycles. The van der Waals surface area contributed by atoms with Crippen molar-refractivity contribution in [1.29, 1.82) is 0 Å². The summed E-state index contributed by atoms with van der Waals surface area (Å²) in [6, 6.07) is 0. The second kappa shape index (κ2) is 5.58. The lowest BCUT2D eigenvalue weighted by molar-refractivity contribution is -0.240. The maximum absolute atomic E-state index is 10.9. The van der Waals surface area contributed by atoms with Gasteiger partial charge in [0, 0.05) is 14.0 Å². The first-order chi connectivity index (χ1) is 7.51. The third-order valence-electron chi connectivity index (χ3n) is 2.65. The first-order valence-electron chi connectivity index (χ1n) is 5.15. The molecule has 6 heteroatoms. The molecular formula is C10H18O6. The first-order valence-corrected chi connectivity index (χ1v) is 5.15. The average molecular weight is 234 g/mol. The van der Waals surface area contributed by atoms with Crippen molar-refractivity contribution >= 4 is 5.97 Å². The second-order valence-corrected chi connectivity index (χ2v) is 3.83. The van der Waals surface area contributed by atoms with Crippen LogP contribution in [0.15, 0.2) is 0 Å². The topological polar surface area (TPSA) is 85.2 Å². The Hall–Kier alpha value is -0.690. The van der Waals surface area contributed by atoms with E-state index >= 15 is 0 Å². The van der Waals surface area contributed by atoms with Gasteiger partial charge in [0.2, 0.25) is 0 Å². The highest BCUT2D eigenvalue weighted by molar-refractivity contribution is 5.66. The van der Waals surface area contributed by atoms with E-state index in [-0.39, 0.29) is 6.61 Å². The molecule has 0 amide bonds. The van der Waals surface area contributed by atoms with Gasteiger partial charge in [-0.2, -0.15) is 0 Å². The third-order valence-corrected chi connectivity index (χ3v) is 2.65. The average Bonchev–Trinajstić information content (AvgIpc) is 2.23. The molecule has 1 fully saturated rings. The van der Waals surface area contributed by atoms with E-state index in [9.17, 15) is 9.90 Å². The lowest BCUT2D eigenvalue weighted by Gasteiger charge is -2.41. The summed E-state index contributed by atoms with van der Waals surface area (Å²) < 4.78 is 15.5. The van der Waals surface area contributed by atoms with Crippen LogP contribution in [0.3, 0.4) is 0 Å². The number of ether oxygens (including phenoxy) is 3. The van der Waals surface area contributed by atoms with Crippen molar-refractivity contribution < 1.29 is 29.2 Å². The summed E-state index contributed by atoms with van der Waals surface area (Å²) in [6.07, 6.45) is -3.57. The van der Waals surface area contributed by atoms with Crippen LogP contribution >= 0.6 is 0 Å². The highest BCUT2D eigenvalue weighted by Crippen LogP contribution is 2.25. The third kappa shape index (κ3) is 2.70. The number of hydrogen-bond donors (Lipinski definition) is 2. The Morgan fingerprint density at radius 3 is 2.50 bits per heavy atom. The van der Waals surface area contributed by atoms with Gasteiger partial charge in [0.15, 0.2) is 6.10 Å². The molecule has 0 radical (unpaired) electrons. The van der Waals surface area contributed by atoms with Crippen molar-refractivity contribution in [3.05, 3.63) is 0 Å². The van der Waals surface area contributed by atoms with Gasteiger partial charge < -0.3 is 24.4 Å². The van der Waals surface area contributed by atoms with Gasteiger partial charge in [-0.05, 0) is 6.92 Å². The molecule has 1 rings (SSSR count). The predicted molar refractivity (Wildman–Crippen MR) is 53.8 cm³/mol. The Bertz CT molecular complexity index is 243. The zero-order valence-electron chi connectivity index (χ0n) is 9.62. The minimum Gasteiger partial charge on any atom is -0.457 e. The number of carbonyl (C=O) groups is 1. The summed E-state index contributed by atoms with van der Waals surface area (Å²) in [5.74, 6) is -0.503. The van der Waals surface area contributed by atoms with Gasteiger partial charge in [0.1, 0.15) is 18.3 Å². The fourth-order valence-electron chi connectivity index (χ4n) is 1.87. The number of hydrogen-bond acceptors (Lipinski definition) is 6. The Morgan fingerprint density at radius 1 is 1.44 bits per heavy atom. The molecule has 2 N–H and O–H groups in total. The largest absolute Gasteiger partial charge is 0.457 e. The van der Waals surface area contributed by atoms with Crippen molar-refractivity contribution in [2.75, 3.05) is 13.7 Å². The Labute approximate surface area is 94.1 Å². The van der Waals surface area contributed by atoms with E-state index in [2.05, 4.69) is 0 Å². The quantitative estimate of drug-likeness (QED) is 0.614. The number of esters is 1. The molecule has 0 unspecified atom stereocenters. The summed E-state index contributed by atoms with van der Waals surface area (Å²) >= 11 is 0. The van der Waals surface area contributed by atoms with Crippen molar-refractivity contribution in [2.45, 2.75) is 44.4 Å². The molecule has 5 atom stereocenters. The van der Waals surface area contributed by atoms with Gasteiger partial charge in [0.05, 0.1) is 12.7 Å². The lowest BCUT2D eigenvalue weighted by Crippen LogP contribution is -2.59. The summed E-state index contributed by atoms with van der Waals surface area (Å²) in [5, 5.41) is 19.0. The molecule has 0 saturated carbocycles. The normalized spacial score (nSPS) is 39.4. The minimum absolute atomic E-state index is 0.257. The van der Waals surface area contributed by atoms with Gasteiger partial charge in [-0.1, -0.05) is 0 Å². The number of methoxy groups -OCH3 is 1. The van der Waals surface area contributed by atoms with Gasteiger partial charge in [0.25, 0.3) is 0 Å². The summed E-state index contributed by atoms with van der Waals surface area (Å²) in [4.78, 5) is 10.9. The minimum atomic E-state index is -0.961. The number of aliphatic hydroxyl groups excluding tert-OH is 2. The molecule has 1 aliphatic rings. The Kier molecular flexibility index (Phi) is 4.67. The van der Waals surface area contributed by atoms with Gasteiger partial charge in [-0.3, -0.25) is 4.79 Å². The van der Waals surface area contributed by atoms with Crippen molar-refractivity contribution in [2.24, 2.45) is 0 Å². The first kappa shape index (κ1) is 13.4. The van der Waals surface area contributed by atoms with Crippen LogP contribution in [0, 0.1) is 0 Å². The zero-order chi connectivity index (χ0) is 12.3. The van der Waals surface area contributed by atoms with Crippen molar-refractivity contribution in [3.63, 3.8) is 0 Å². The van der Waals surface area contributed by atoms with E-state index in [0.717, 1.165) is 0 Å². The SMILES string of the molecule is CO[C@H]1[C@H](OC(C)=O)[C@@H](O)[C@H](C)O[C@@H]1CO. The van der Waals surface area contributed by atoms with Crippen LogP contribution in [0.5, 0.6) is 0 Å². The molecule has 0 aromatic carbocycles. The summed E-state index contributed by atoms with van der Waals surface area (Å²) in [6.45, 7) is 2.65. The molecule has 1 aliphatic heterocycles. The van der Waals surface area contributed by atoms with Crippen molar-refractivity contribution in [1.82, 2.24) is 0 Å². The maximum atomic E-state index is 10.9. The van der Waals surface area contributed by atoms with E-state index in [4.69, 9.17) is 19.3 Å². The standard InChI is InChI=1S/C10H18O6/c1-5-8(13)10(16-6(2)12)9(14-3)7(4-11)15-5/h5,7-11,13H,4H2,1-3H3/t5-,7+,8-,9+,10+/m0/s1. The molecular weight excluding hydrogens is 216 g/mol. The van der Waals surface area contributed by atoms with Gasteiger partial charge in [-0.15, -0.1) is 0 Å². The molecule has 1 saturated heterocycles. The van der Waals surface area contributed by atoms with E-state index < -0.39 is 36.5 Å². The van der Waals surface area contributed by atoms with Crippen LogP contribution in [0.4, 0.5) is 0 Å². The Morgan fingerprint density at radius 2 is 2.06 bits per heavy atom. The van der Waals surface area contributed by atoms with Gasteiger partial charge in [-0.25, -0.2) is 0 Å². The van der Waals surface area contributed by atoms with Crippen LogP contribution in [-0.4, -0.2) is 60.4 Å². The van der Waals surface area contributed by atoms with E-state index in [1.807, 2.05) is 0 Å². The summed E-state index contributed by atoms with van der Waals surface area (Å²) in [5.41, 5.74) is 0. The lowest BCUT2D eigenvalue weighted by atomic mass is 9.95. The summed E-state index contributed by atoms with van der Waals surface area (Å²) in [7, 11) is 1.41. The molecule has 0 spiro atoms. The number of aliphatic hydroxyl groups is 2. The Balaban J connectivity index is 2.82. The van der Waals surface area contributed by atoms with Crippen LogP contribution in [0.25, 0.3) is 0 Å². The number of rotatable bonds is 3. The molecule has 94 valence electrons. The van der Waals surface area contributed by atoms with E-state index in [1.54, 1.807) is 6.92 Å². The van der Waals surface area contributed by atoms with Crippen LogP contribution in [0.1, 0.15) is 13.8 Å². The molecule has 0 bridgehead atoms. The predicted octanol–water partition coefficient (Wildman–Crippen LogP) is -0.926. The smallest absolute Gasteiger partial charge is 0.303 e. The monoisotopic (exact) mass is 234 g/mol. The van der Waals surface area contributed by atoms with Crippen LogP contribution in [0.2, 0.25) is 0 Å². The van der Waals surface area contributed by atoms with Gasteiger partial charge >= 0.3 is 5.97 Å². The second-order valence-electron chi connectivity index (χ2n) is 3.83. The number of carbonyl (C=O) groups excluding carboxylic acids is 1. The zero-order valence-corrected chi connectivity index (χ0v) is 9.62. The van der Waals surface area contributed by atoms with Crippen LogP contribution in [-0.2, 0) is 19.0 Å². The highest BCUT2D eigenvalue weighted by atomic mass is 16.6. The van der Waals surface area contributed by atoms with Crippen molar-refractivity contribution in [3.8, 4) is 0 Å². The fourth-order valence-corrected chi connectivity index (χ4v) is 1.87. The molecule has 0 aromatic heterocycles. The fraction of sp³-hybridized carbons (Fsp3) is 0.900. The van der Waals surface area contributed by atoms with E-state index in [0.29, 0.717) is 0 Å².